The van der Waals surface area contributed by atoms with Gasteiger partial charge in [-0.1, -0.05) is 27.5 Å². The second-order valence-corrected chi connectivity index (χ2v) is 7.13. The van der Waals surface area contributed by atoms with E-state index in [2.05, 4.69) is 21.2 Å². The number of carbonyl (C=O) groups excluding carboxylic acids is 1. The maximum atomic E-state index is 12.7. The molecular formula is C15H18BrClN2O. The summed E-state index contributed by atoms with van der Waals surface area (Å²) in [6.07, 6.45) is 4.57. The van der Waals surface area contributed by atoms with E-state index in [9.17, 15) is 4.79 Å². The highest BCUT2D eigenvalue weighted by atomic mass is 79.9. The first-order valence-corrected chi connectivity index (χ1v) is 8.20. The molecule has 0 spiro atoms. The van der Waals surface area contributed by atoms with Gasteiger partial charge in [0.25, 0.3) is 5.91 Å². The van der Waals surface area contributed by atoms with E-state index in [4.69, 9.17) is 11.6 Å². The van der Waals surface area contributed by atoms with Gasteiger partial charge in [0, 0.05) is 29.6 Å². The molecular weight excluding hydrogens is 340 g/mol. The normalized spacial score (nSPS) is 28.4. The number of amides is 1. The molecule has 1 amide bonds. The maximum absolute atomic E-state index is 12.7. The van der Waals surface area contributed by atoms with E-state index in [1.807, 2.05) is 18.0 Å². The molecule has 1 aromatic carbocycles. The third kappa shape index (κ3) is 2.74. The van der Waals surface area contributed by atoms with Gasteiger partial charge in [0.2, 0.25) is 0 Å². The first-order valence-electron chi connectivity index (χ1n) is 7.03. The summed E-state index contributed by atoms with van der Waals surface area (Å²) < 4.78 is 0.879. The highest BCUT2D eigenvalue weighted by Crippen LogP contribution is 2.31. The van der Waals surface area contributed by atoms with E-state index in [1.165, 1.54) is 12.8 Å². The van der Waals surface area contributed by atoms with Crippen molar-refractivity contribution in [2.24, 2.45) is 0 Å². The summed E-state index contributed by atoms with van der Waals surface area (Å²) in [5.41, 5.74) is 0.578. The summed E-state index contributed by atoms with van der Waals surface area (Å²) in [4.78, 5) is 14.5. The van der Waals surface area contributed by atoms with Crippen molar-refractivity contribution in [3.05, 3.63) is 33.3 Å². The molecule has 0 aliphatic carbocycles. The summed E-state index contributed by atoms with van der Waals surface area (Å²) in [5.74, 6) is 0.0163. The van der Waals surface area contributed by atoms with Crippen LogP contribution in [0.4, 0.5) is 0 Å². The minimum atomic E-state index is 0.0163. The number of piperidine rings is 1. The van der Waals surface area contributed by atoms with Crippen molar-refractivity contribution in [3.63, 3.8) is 0 Å². The first kappa shape index (κ1) is 14.4. The molecule has 0 aromatic heterocycles. The van der Waals surface area contributed by atoms with E-state index in [0.29, 0.717) is 28.7 Å². The molecule has 1 N–H and O–H groups in total. The average molecular weight is 358 g/mol. The van der Waals surface area contributed by atoms with Gasteiger partial charge in [-0.25, -0.2) is 0 Å². The molecule has 1 aromatic rings. The molecule has 0 saturated carbocycles. The fourth-order valence-electron chi connectivity index (χ4n) is 3.36. The van der Waals surface area contributed by atoms with Crippen LogP contribution in [0.1, 0.15) is 36.0 Å². The van der Waals surface area contributed by atoms with Crippen molar-refractivity contribution >= 4 is 33.4 Å². The Morgan fingerprint density at radius 3 is 2.65 bits per heavy atom. The number of halogens is 2. The number of nitrogens with one attached hydrogen (secondary N) is 1. The fourth-order valence-corrected chi connectivity index (χ4v) is 3.92. The lowest BCUT2D eigenvalue weighted by Gasteiger charge is -2.35. The second kappa shape index (κ2) is 5.66. The zero-order valence-corrected chi connectivity index (χ0v) is 13.7. The quantitative estimate of drug-likeness (QED) is 0.879. The Balaban J connectivity index is 1.78. The molecule has 5 heteroatoms. The van der Waals surface area contributed by atoms with Gasteiger partial charge in [0.15, 0.2) is 0 Å². The summed E-state index contributed by atoms with van der Waals surface area (Å²) in [6.45, 7) is 0. The lowest BCUT2D eigenvalue weighted by Crippen LogP contribution is -2.48. The number of hydrogen-bond acceptors (Lipinski definition) is 2. The Morgan fingerprint density at radius 2 is 2.00 bits per heavy atom. The lowest BCUT2D eigenvalue weighted by molar-refractivity contribution is 0.0682. The summed E-state index contributed by atoms with van der Waals surface area (Å²) in [5, 5.41) is 4.12. The van der Waals surface area contributed by atoms with Crippen molar-refractivity contribution in [2.75, 3.05) is 7.05 Å². The molecule has 2 aliphatic heterocycles. The second-order valence-electron chi connectivity index (χ2n) is 5.80. The van der Waals surface area contributed by atoms with E-state index in [1.54, 1.807) is 12.1 Å². The minimum Gasteiger partial charge on any atom is -0.339 e. The van der Waals surface area contributed by atoms with Crippen LogP contribution >= 0.6 is 27.5 Å². The molecule has 2 heterocycles. The molecule has 2 fully saturated rings. The van der Waals surface area contributed by atoms with Gasteiger partial charge in [-0.2, -0.15) is 0 Å². The van der Waals surface area contributed by atoms with E-state index < -0.39 is 0 Å². The highest BCUT2D eigenvalue weighted by molar-refractivity contribution is 9.10. The van der Waals surface area contributed by atoms with Crippen LogP contribution < -0.4 is 5.32 Å². The van der Waals surface area contributed by atoms with Gasteiger partial charge in [-0.3, -0.25) is 4.79 Å². The average Bonchev–Trinajstić information content (AvgIpc) is 2.78. The maximum Gasteiger partial charge on any atom is 0.255 e. The number of nitrogens with zero attached hydrogens (tertiary/aromatic N) is 1. The van der Waals surface area contributed by atoms with Crippen molar-refractivity contribution in [2.45, 2.75) is 43.8 Å². The zero-order chi connectivity index (χ0) is 14.3. The van der Waals surface area contributed by atoms with Crippen molar-refractivity contribution < 1.29 is 4.79 Å². The van der Waals surface area contributed by atoms with Crippen LogP contribution in [0.15, 0.2) is 22.7 Å². The highest BCUT2D eigenvalue weighted by Gasteiger charge is 2.36. The fraction of sp³-hybridized carbons (Fsp3) is 0.533. The van der Waals surface area contributed by atoms with E-state index in [0.717, 1.165) is 17.3 Å². The Kier molecular flexibility index (Phi) is 4.07. The van der Waals surface area contributed by atoms with E-state index in [-0.39, 0.29) is 5.91 Å². The standard InChI is InChI=1S/C15H18BrClN2O/c1-19(12-7-10-3-4-11(8-12)18-10)15(20)13-6-9(16)2-5-14(13)17/h2,5-6,10-12,18H,3-4,7-8H2,1H3. The Labute approximate surface area is 132 Å². The molecule has 2 unspecified atom stereocenters. The minimum absolute atomic E-state index is 0.0163. The van der Waals surface area contributed by atoms with Crippen molar-refractivity contribution in [3.8, 4) is 0 Å². The first-order chi connectivity index (χ1) is 9.54. The van der Waals surface area contributed by atoms with Gasteiger partial charge in [-0.05, 0) is 43.9 Å². The van der Waals surface area contributed by atoms with Crippen LogP contribution in [0.3, 0.4) is 0 Å². The molecule has 20 heavy (non-hydrogen) atoms. The van der Waals surface area contributed by atoms with Crippen LogP contribution in [0.25, 0.3) is 0 Å². The Hall–Kier alpha value is -0.580. The summed E-state index contributed by atoms with van der Waals surface area (Å²) in [6, 6.07) is 6.88. The van der Waals surface area contributed by atoms with Crippen molar-refractivity contribution in [1.29, 1.82) is 0 Å². The number of benzene rings is 1. The van der Waals surface area contributed by atoms with Crippen LogP contribution in [-0.2, 0) is 0 Å². The molecule has 2 bridgehead atoms. The van der Waals surface area contributed by atoms with Crippen LogP contribution in [0, 0.1) is 0 Å². The van der Waals surface area contributed by atoms with Gasteiger partial charge < -0.3 is 10.2 Å². The molecule has 0 radical (unpaired) electrons. The zero-order valence-electron chi connectivity index (χ0n) is 11.4. The number of fused-ring (bicyclic) bond motifs is 2. The molecule has 2 atom stereocenters. The SMILES string of the molecule is CN(C(=O)c1cc(Br)ccc1Cl)C1CC2CCC(C1)N2. The monoisotopic (exact) mass is 356 g/mol. The Bertz CT molecular complexity index is 525. The predicted molar refractivity (Wildman–Crippen MR) is 84.2 cm³/mol. The Morgan fingerprint density at radius 1 is 1.35 bits per heavy atom. The smallest absolute Gasteiger partial charge is 0.255 e. The van der Waals surface area contributed by atoms with Gasteiger partial charge in [-0.15, -0.1) is 0 Å². The lowest BCUT2D eigenvalue weighted by atomic mass is 9.98. The third-order valence-corrected chi connectivity index (χ3v) is 5.30. The molecule has 3 nitrogen and oxygen atoms in total. The molecule has 2 aliphatic rings. The van der Waals surface area contributed by atoms with Crippen LogP contribution in [0.5, 0.6) is 0 Å². The third-order valence-electron chi connectivity index (χ3n) is 4.48. The molecule has 2 saturated heterocycles. The van der Waals surface area contributed by atoms with Crippen LogP contribution in [0.2, 0.25) is 5.02 Å². The number of rotatable bonds is 2. The van der Waals surface area contributed by atoms with E-state index >= 15 is 0 Å². The van der Waals surface area contributed by atoms with Crippen LogP contribution in [-0.4, -0.2) is 36.0 Å². The van der Waals surface area contributed by atoms with Gasteiger partial charge in [0.05, 0.1) is 10.6 Å². The van der Waals surface area contributed by atoms with Gasteiger partial charge >= 0.3 is 0 Å². The number of carbonyl (C=O) groups is 1. The predicted octanol–water partition coefficient (Wildman–Crippen LogP) is 3.46. The largest absolute Gasteiger partial charge is 0.339 e. The molecule has 3 rings (SSSR count). The summed E-state index contributed by atoms with van der Waals surface area (Å²) >= 11 is 9.56. The topological polar surface area (TPSA) is 32.3 Å². The summed E-state index contributed by atoms with van der Waals surface area (Å²) in [7, 11) is 1.90. The number of hydrogen-bond donors (Lipinski definition) is 1. The van der Waals surface area contributed by atoms with Crippen molar-refractivity contribution in [1.82, 2.24) is 10.2 Å². The molecule has 108 valence electrons. The van der Waals surface area contributed by atoms with Gasteiger partial charge in [0.1, 0.15) is 0 Å².